The lowest BCUT2D eigenvalue weighted by Crippen LogP contribution is -2.30. The minimum absolute atomic E-state index is 0.334. The molecular formula is C17H16N2O4S. The Bertz CT molecular complexity index is 973. The van der Waals surface area contributed by atoms with E-state index >= 15 is 0 Å². The van der Waals surface area contributed by atoms with E-state index in [0.29, 0.717) is 16.0 Å². The third-order valence-electron chi connectivity index (χ3n) is 3.96. The van der Waals surface area contributed by atoms with Crippen LogP contribution in [0.25, 0.3) is 21.3 Å². The number of ether oxygens (including phenoxy) is 1. The van der Waals surface area contributed by atoms with Gasteiger partial charge in [0.2, 0.25) is 0 Å². The Hall–Kier alpha value is -2.67. The highest BCUT2D eigenvalue weighted by atomic mass is 32.1. The van der Waals surface area contributed by atoms with E-state index in [-0.39, 0.29) is 5.56 Å². The number of benzene rings is 1. The zero-order valence-corrected chi connectivity index (χ0v) is 14.3. The first kappa shape index (κ1) is 16.2. The van der Waals surface area contributed by atoms with Crippen LogP contribution in [-0.4, -0.2) is 27.7 Å². The molecule has 2 aromatic heterocycles. The lowest BCUT2D eigenvalue weighted by atomic mass is 10.1. The summed E-state index contributed by atoms with van der Waals surface area (Å²) in [5.41, 5.74) is 1.28. The number of hydrogen-bond acceptors (Lipinski definition) is 5. The van der Waals surface area contributed by atoms with Gasteiger partial charge < -0.3 is 9.84 Å². The number of aliphatic carboxylic acids is 1. The molecule has 0 aliphatic heterocycles. The third-order valence-corrected chi connectivity index (χ3v) is 4.83. The molecule has 0 fully saturated rings. The number of carboxylic acid groups (broad SMARTS) is 1. The molecule has 0 spiro atoms. The molecule has 1 aromatic carbocycles. The highest BCUT2D eigenvalue weighted by molar-refractivity contribution is 7.17. The average Bonchev–Trinajstić information content (AvgIpc) is 2.98. The highest BCUT2D eigenvalue weighted by Crippen LogP contribution is 2.32. The first-order chi connectivity index (χ1) is 11.4. The number of carbonyl (C=O) groups is 1. The molecule has 7 heteroatoms. The lowest BCUT2D eigenvalue weighted by molar-refractivity contribution is -0.140. The number of hydrogen-bond donors (Lipinski definition) is 1. The van der Waals surface area contributed by atoms with Crippen molar-refractivity contribution in [2.45, 2.75) is 19.9 Å². The predicted octanol–water partition coefficient (Wildman–Crippen LogP) is 3.09. The van der Waals surface area contributed by atoms with Gasteiger partial charge in [0, 0.05) is 10.9 Å². The van der Waals surface area contributed by atoms with Crippen molar-refractivity contribution in [2.75, 3.05) is 7.11 Å². The van der Waals surface area contributed by atoms with Crippen molar-refractivity contribution in [2.24, 2.45) is 0 Å². The molecule has 0 radical (unpaired) electrons. The van der Waals surface area contributed by atoms with E-state index in [4.69, 9.17) is 4.74 Å². The normalized spacial score (nSPS) is 12.3. The molecule has 1 atom stereocenters. The Morgan fingerprint density at radius 1 is 1.33 bits per heavy atom. The minimum atomic E-state index is -1.07. The third kappa shape index (κ3) is 2.56. The molecular weight excluding hydrogens is 328 g/mol. The van der Waals surface area contributed by atoms with Crippen LogP contribution in [0.5, 0.6) is 5.75 Å². The topological polar surface area (TPSA) is 81.4 Å². The minimum Gasteiger partial charge on any atom is -0.497 e. The van der Waals surface area contributed by atoms with E-state index in [1.165, 1.54) is 22.8 Å². The number of aromatic nitrogens is 2. The second-order valence-electron chi connectivity index (χ2n) is 5.41. The van der Waals surface area contributed by atoms with E-state index in [9.17, 15) is 14.7 Å². The summed E-state index contributed by atoms with van der Waals surface area (Å²) in [5.74, 6) is 0.0530. The van der Waals surface area contributed by atoms with Crippen molar-refractivity contribution < 1.29 is 14.6 Å². The number of methoxy groups -OCH3 is 1. The Kier molecular flexibility index (Phi) is 4.11. The van der Waals surface area contributed by atoms with Crippen LogP contribution in [-0.2, 0) is 4.79 Å². The van der Waals surface area contributed by atoms with Crippen LogP contribution in [0.3, 0.4) is 0 Å². The van der Waals surface area contributed by atoms with E-state index in [1.54, 1.807) is 14.0 Å². The van der Waals surface area contributed by atoms with E-state index in [1.807, 2.05) is 29.6 Å². The van der Waals surface area contributed by atoms with Gasteiger partial charge >= 0.3 is 5.97 Å². The Labute approximate surface area is 142 Å². The van der Waals surface area contributed by atoms with Gasteiger partial charge in [-0.2, -0.15) is 0 Å². The SMILES string of the molecule is COc1ccc(-c2csc3nc(C)n(C(C)C(=O)O)c(=O)c23)cc1. The molecule has 6 nitrogen and oxygen atoms in total. The van der Waals surface area contributed by atoms with Gasteiger partial charge in [0.1, 0.15) is 22.4 Å². The van der Waals surface area contributed by atoms with Crippen LogP contribution in [0.1, 0.15) is 18.8 Å². The fraction of sp³-hybridized carbons (Fsp3) is 0.235. The second-order valence-corrected chi connectivity index (χ2v) is 6.26. The molecule has 3 aromatic rings. The van der Waals surface area contributed by atoms with Crippen LogP contribution in [0.4, 0.5) is 0 Å². The average molecular weight is 344 g/mol. The van der Waals surface area contributed by atoms with E-state index in [2.05, 4.69) is 4.98 Å². The molecule has 0 saturated heterocycles. The highest BCUT2D eigenvalue weighted by Gasteiger charge is 2.21. The smallest absolute Gasteiger partial charge is 0.326 e. The van der Waals surface area contributed by atoms with Crippen molar-refractivity contribution in [3.05, 3.63) is 45.8 Å². The van der Waals surface area contributed by atoms with Gasteiger partial charge in [0.25, 0.3) is 5.56 Å². The zero-order valence-electron chi connectivity index (χ0n) is 13.4. The number of fused-ring (bicyclic) bond motifs is 1. The van der Waals surface area contributed by atoms with Gasteiger partial charge in [0.15, 0.2) is 0 Å². The molecule has 3 rings (SSSR count). The fourth-order valence-electron chi connectivity index (χ4n) is 2.65. The van der Waals surface area contributed by atoms with Gasteiger partial charge in [-0.1, -0.05) is 12.1 Å². The number of aryl methyl sites for hydroxylation is 1. The van der Waals surface area contributed by atoms with Gasteiger partial charge in [0.05, 0.1) is 12.5 Å². The molecule has 0 saturated carbocycles. The molecule has 2 heterocycles. The van der Waals surface area contributed by atoms with Crippen molar-refractivity contribution in [3.8, 4) is 16.9 Å². The number of thiophene rings is 1. The monoisotopic (exact) mass is 344 g/mol. The Balaban J connectivity index is 2.26. The fourth-order valence-corrected chi connectivity index (χ4v) is 3.64. The van der Waals surface area contributed by atoms with E-state index in [0.717, 1.165) is 16.9 Å². The summed E-state index contributed by atoms with van der Waals surface area (Å²) in [6, 6.07) is 6.39. The molecule has 1 unspecified atom stereocenters. The summed E-state index contributed by atoms with van der Waals surface area (Å²) in [7, 11) is 1.59. The van der Waals surface area contributed by atoms with Crippen molar-refractivity contribution in [1.82, 2.24) is 9.55 Å². The van der Waals surface area contributed by atoms with E-state index < -0.39 is 12.0 Å². The summed E-state index contributed by atoms with van der Waals surface area (Å²) in [6.07, 6.45) is 0. The van der Waals surface area contributed by atoms with Crippen LogP contribution >= 0.6 is 11.3 Å². The second kappa shape index (κ2) is 6.09. The summed E-state index contributed by atoms with van der Waals surface area (Å²) in [6.45, 7) is 3.12. The predicted molar refractivity (Wildman–Crippen MR) is 93.0 cm³/mol. The van der Waals surface area contributed by atoms with Crippen molar-refractivity contribution >= 4 is 27.5 Å². The molecule has 0 bridgehead atoms. The molecule has 1 N–H and O–H groups in total. The van der Waals surface area contributed by atoms with Crippen molar-refractivity contribution in [1.29, 1.82) is 0 Å². The van der Waals surface area contributed by atoms with Gasteiger partial charge in [-0.05, 0) is 31.5 Å². The maximum Gasteiger partial charge on any atom is 0.326 e. The number of rotatable bonds is 4. The Morgan fingerprint density at radius 2 is 2.00 bits per heavy atom. The Morgan fingerprint density at radius 3 is 2.58 bits per heavy atom. The quantitative estimate of drug-likeness (QED) is 0.786. The lowest BCUT2D eigenvalue weighted by Gasteiger charge is -2.14. The molecule has 0 amide bonds. The van der Waals surface area contributed by atoms with Gasteiger partial charge in [-0.25, -0.2) is 9.78 Å². The number of carboxylic acids is 1. The van der Waals surface area contributed by atoms with Crippen LogP contribution < -0.4 is 10.3 Å². The standard InChI is InChI=1S/C17H16N2O4S/c1-9(17(21)22)19-10(2)18-15-14(16(19)20)13(8-24-15)11-4-6-12(23-3)7-5-11/h4-9H,1-3H3,(H,21,22). The molecule has 0 aliphatic rings. The summed E-state index contributed by atoms with van der Waals surface area (Å²) in [5, 5.41) is 11.6. The maximum atomic E-state index is 12.9. The maximum absolute atomic E-state index is 12.9. The van der Waals surface area contributed by atoms with Gasteiger partial charge in [-0.15, -0.1) is 11.3 Å². The summed E-state index contributed by atoms with van der Waals surface area (Å²) in [4.78, 5) is 29.2. The zero-order chi connectivity index (χ0) is 17.4. The molecule has 124 valence electrons. The largest absolute Gasteiger partial charge is 0.497 e. The van der Waals surface area contributed by atoms with Gasteiger partial charge in [-0.3, -0.25) is 9.36 Å². The van der Waals surface area contributed by atoms with Crippen LogP contribution in [0.15, 0.2) is 34.4 Å². The first-order valence-corrected chi connectivity index (χ1v) is 8.19. The molecule has 24 heavy (non-hydrogen) atoms. The molecule has 0 aliphatic carbocycles. The first-order valence-electron chi connectivity index (χ1n) is 7.31. The summed E-state index contributed by atoms with van der Waals surface area (Å²) >= 11 is 1.37. The number of nitrogens with zero attached hydrogens (tertiary/aromatic N) is 2. The summed E-state index contributed by atoms with van der Waals surface area (Å²) < 4.78 is 6.38. The van der Waals surface area contributed by atoms with Crippen LogP contribution in [0.2, 0.25) is 0 Å². The van der Waals surface area contributed by atoms with Crippen molar-refractivity contribution in [3.63, 3.8) is 0 Å². The van der Waals surface area contributed by atoms with Crippen LogP contribution in [0, 0.1) is 6.92 Å².